The van der Waals surface area contributed by atoms with E-state index in [0.717, 1.165) is 4.88 Å². The molecule has 0 radical (unpaired) electrons. The number of para-hydroxylation sites is 1. The molecule has 1 heterocycles. The maximum absolute atomic E-state index is 13.6. The lowest BCUT2D eigenvalue weighted by atomic mass is 10.2. The molecular weight excluding hydrogens is 255 g/mol. The predicted octanol–water partition coefficient (Wildman–Crippen LogP) is 3.97. The summed E-state index contributed by atoms with van der Waals surface area (Å²) in [4.78, 5) is 11.2. The van der Waals surface area contributed by atoms with Crippen LogP contribution in [0, 0.1) is 15.9 Å². The molecule has 94 valence electrons. The first-order chi connectivity index (χ1) is 8.59. The van der Waals surface area contributed by atoms with Crippen molar-refractivity contribution in [3.8, 4) is 0 Å². The zero-order chi connectivity index (χ0) is 13.1. The molecule has 1 N–H and O–H groups in total. The molecular formula is C12H11FN2O2S. The Morgan fingerprint density at radius 3 is 2.78 bits per heavy atom. The number of thiophene rings is 1. The highest BCUT2D eigenvalue weighted by Gasteiger charge is 2.19. The van der Waals surface area contributed by atoms with Crippen molar-refractivity contribution in [3.63, 3.8) is 0 Å². The van der Waals surface area contributed by atoms with Gasteiger partial charge in [-0.1, -0.05) is 12.1 Å². The summed E-state index contributed by atoms with van der Waals surface area (Å²) in [5.74, 6) is -0.618. The molecule has 6 heteroatoms. The SMILES string of the molecule is CC(Nc1c(F)cccc1[N+](=O)[O-])c1cccs1. The normalized spacial score (nSPS) is 12.1. The molecule has 0 saturated heterocycles. The quantitative estimate of drug-likeness (QED) is 0.673. The van der Waals surface area contributed by atoms with Crippen LogP contribution < -0.4 is 5.32 Å². The third-order valence-electron chi connectivity index (χ3n) is 2.52. The van der Waals surface area contributed by atoms with Gasteiger partial charge in [0, 0.05) is 10.9 Å². The van der Waals surface area contributed by atoms with Crippen molar-refractivity contribution in [2.75, 3.05) is 5.32 Å². The number of nitro groups is 1. The Balaban J connectivity index is 2.31. The molecule has 1 aromatic carbocycles. The Kier molecular flexibility index (Phi) is 3.57. The van der Waals surface area contributed by atoms with Crippen LogP contribution in [0.5, 0.6) is 0 Å². The minimum atomic E-state index is -0.618. The van der Waals surface area contributed by atoms with Crippen LogP contribution in [0.3, 0.4) is 0 Å². The number of halogens is 1. The van der Waals surface area contributed by atoms with E-state index in [1.165, 1.54) is 29.5 Å². The Labute approximate surface area is 107 Å². The van der Waals surface area contributed by atoms with Gasteiger partial charge in [0.1, 0.15) is 5.69 Å². The molecule has 0 spiro atoms. The van der Waals surface area contributed by atoms with Crippen LogP contribution in [-0.2, 0) is 0 Å². The second-order valence-electron chi connectivity index (χ2n) is 3.77. The Morgan fingerprint density at radius 2 is 2.17 bits per heavy atom. The van der Waals surface area contributed by atoms with Gasteiger partial charge in [0.25, 0.3) is 5.69 Å². The highest BCUT2D eigenvalue weighted by molar-refractivity contribution is 7.10. The summed E-state index contributed by atoms with van der Waals surface area (Å²) in [5, 5.41) is 15.6. The Bertz CT molecular complexity index is 557. The van der Waals surface area contributed by atoms with Gasteiger partial charge in [0.2, 0.25) is 0 Å². The topological polar surface area (TPSA) is 55.2 Å². The van der Waals surface area contributed by atoms with Crippen LogP contribution in [0.15, 0.2) is 35.7 Å². The molecule has 1 unspecified atom stereocenters. The van der Waals surface area contributed by atoms with Crippen molar-refractivity contribution >= 4 is 22.7 Å². The molecule has 4 nitrogen and oxygen atoms in total. The third-order valence-corrected chi connectivity index (χ3v) is 3.57. The molecule has 0 aliphatic carbocycles. The lowest BCUT2D eigenvalue weighted by Gasteiger charge is -2.14. The van der Waals surface area contributed by atoms with Crippen molar-refractivity contribution in [2.24, 2.45) is 0 Å². The van der Waals surface area contributed by atoms with Crippen LogP contribution in [-0.4, -0.2) is 4.92 Å². The van der Waals surface area contributed by atoms with Gasteiger partial charge in [-0.05, 0) is 24.4 Å². The first kappa shape index (κ1) is 12.5. The molecule has 0 bridgehead atoms. The van der Waals surface area contributed by atoms with Gasteiger partial charge >= 0.3 is 0 Å². The molecule has 2 aromatic rings. The largest absolute Gasteiger partial charge is 0.370 e. The van der Waals surface area contributed by atoms with Crippen molar-refractivity contribution in [1.82, 2.24) is 0 Å². The number of benzene rings is 1. The van der Waals surface area contributed by atoms with E-state index in [9.17, 15) is 14.5 Å². The summed E-state index contributed by atoms with van der Waals surface area (Å²) < 4.78 is 13.6. The minimum absolute atomic E-state index is 0.0663. The van der Waals surface area contributed by atoms with Crippen LogP contribution in [0.2, 0.25) is 0 Å². The second-order valence-corrected chi connectivity index (χ2v) is 4.75. The number of nitrogens with one attached hydrogen (secondary N) is 1. The number of hydrogen-bond acceptors (Lipinski definition) is 4. The zero-order valence-corrected chi connectivity index (χ0v) is 10.4. The summed E-state index contributed by atoms with van der Waals surface area (Å²) in [6.07, 6.45) is 0. The van der Waals surface area contributed by atoms with Gasteiger partial charge in [0.15, 0.2) is 5.82 Å². The smallest absolute Gasteiger partial charge is 0.295 e. The fourth-order valence-corrected chi connectivity index (χ4v) is 2.37. The molecule has 2 rings (SSSR count). The lowest BCUT2D eigenvalue weighted by Crippen LogP contribution is -2.08. The standard InChI is InChI=1S/C12H11FN2O2S/c1-8(11-6-3-7-18-11)14-12-9(13)4-2-5-10(12)15(16)17/h2-8,14H,1H3. The molecule has 0 fully saturated rings. The Hall–Kier alpha value is -1.95. The van der Waals surface area contributed by atoms with E-state index in [0.29, 0.717) is 0 Å². The van der Waals surface area contributed by atoms with Crippen LogP contribution in [0.4, 0.5) is 15.8 Å². The van der Waals surface area contributed by atoms with Crippen LogP contribution >= 0.6 is 11.3 Å². The van der Waals surface area contributed by atoms with Gasteiger partial charge in [-0.2, -0.15) is 0 Å². The molecule has 0 amide bonds. The minimum Gasteiger partial charge on any atom is -0.370 e. The average molecular weight is 266 g/mol. The van der Waals surface area contributed by atoms with Crippen molar-refractivity contribution in [1.29, 1.82) is 0 Å². The second kappa shape index (κ2) is 5.14. The molecule has 0 saturated carbocycles. The number of rotatable bonds is 4. The van der Waals surface area contributed by atoms with E-state index in [1.54, 1.807) is 0 Å². The molecule has 1 aromatic heterocycles. The van der Waals surface area contributed by atoms with E-state index in [1.807, 2.05) is 24.4 Å². The number of nitro benzene ring substituents is 1. The van der Waals surface area contributed by atoms with Gasteiger partial charge in [-0.15, -0.1) is 11.3 Å². The first-order valence-corrected chi connectivity index (χ1v) is 6.20. The van der Waals surface area contributed by atoms with E-state index in [-0.39, 0.29) is 17.4 Å². The van der Waals surface area contributed by atoms with Gasteiger partial charge < -0.3 is 5.32 Å². The molecule has 0 aliphatic rings. The summed E-state index contributed by atoms with van der Waals surface area (Å²) >= 11 is 1.52. The van der Waals surface area contributed by atoms with Crippen LogP contribution in [0.1, 0.15) is 17.8 Å². The maximum Gasteiger partial charge on any atom is 0.295 e. The summed E-state index contributed by atoms with van der Waals surface area (Å²) in [6, 6.07) is 7.42. The number of hydrogen-bond donors (Lipinski definition) is 1. The lowest BCUT2D eigenvalue weighted by molar-refractivity contribution is -0.384. The fourth-order valence-electron chi connectivity index (χ4n) is 1.63. The summed E-state index contributed by atoms with van der Waals surface area (Å²) in [6.45, 7) is 1.84. The van der Waals surface area contributed by atoms with Gasteiger partial charge in [-0.3, -0.25) is 10.1 Å². The van der Waals surface area contributed by atoms with Crippen molar-refractivity contribution in [2.45, 2.75) is 13.0 Å². The predicted molar refractivity (Wildman–Crippen MR) is 69.4 cm³/mol. The van der Waals surface area contributed by atoms with E-state index < -0.39 is 10.7 Å². The molecule has 18 heavy (non-hydrogen) atoms. The van der Waals surface area contributed by atoms with Crippen molar-refractivity contribution < 1.29 is 9.31 Å². The molecule has 1 atom stereocenters. The third kappa shape index (κ3) is 2.48. The monoisotopic (exact) mass is 266 g/mol. The van der Waals surface area contributed by atoms with E-state index in [4.69, 9.17) is 0 Å². The fraction of sp³-hybridized carbons (Fsp3) is 0.167. The summed E-state index contributed by atoms with van der Waals surface area (Å²) in [5.41, 5.74) is -0.318. The highest BCUT2D eigenvalue weighted by atomic mass is 32.1. The summed E-state index contributed by atoms with van der Waals surface area (Å²) in [7, 11) is 0. The van der Waals surface area contributed by atoms with E-state index in [2.05, 4.69) is 5.32 Å². The van der Waals surface area contributed by atoms with Gasteiger partial charge in [-0.25, -0.2) is 4.39 Å². The van der Waals surface area contributed by atoms with E-state index >= 15 is 0 Å². The highest BCUT2D eigenvalue weighted by Crippen LogP contribution is 2.31. The number of nitrogens with zero attached hydrogens (tertiary/aromatic N) is 1. The Morgan fingerprint density at radius 1 is 1.39 bits per heavy atom. The molecule has 0 aliphatic heterocycles. The average Bonchev–Trinajstić information content (AvgIpc) is 2.85. The maximum atomic E-state index is 13.6. The first-order valence-electron chi connectivity index (χ1n) is 5.32. The van der Waals surface area contributed by atoms with Gasteiger partial charge in [0.05, 0.1) is 11.0 Å². The number of anilines is 1. The van der Waals surface area contributed by atoms with Crippen LogP contribution in [0.25, 0.3) is 0 Å². The van der Waals surface area contributed by atoms with Crippen molar-refractivity contribution in [3.05, 3.63) is 56.5 Å². The zero-order valence-electron chi connectivity index (χ0n) is 9.59.